The number of methoxy groups -OCH3 is 2. The second-order valence-electron chi connectivity index (χ2n) is 5.40. The number of ether oxygens (including phenoxy) is 2. The first-order chi connectivity index (χ1) is 11.9. The summed E-state index contributed by atoms with van der Waals surface area (Å²) in [6.07, 6.45) is 3.37. The standard InChI is InChI=1S/C16H19N3O6/c1-4-7-17-9-13(18(20)21)16(14(10-17)19(22)23)12-6-5-11(24-2)8-15(12)25-3/h5-6,8-10,16H,4,7H2,1-3H3. The fourth-order valence-electron chi connectivity index (χ4n) is 2.75. The van der Waals surface area contributed by atoms with Crippen LogP contribution in [-0.2, 0) is 0 Å². The van der Waals surface area contributed by atoms with E-state index in [1.165, 1.54) is 31.5 Å². The van der Waals surface area contributed by atoms with Crippen molar-refractivity contribution in [3.8, 4) is 11.5 Å². The van der Waals surface area contributed by atoms with E-state index >= 15 is 0 Å². The van der Waals surface area contributed by atoms with Crippen LogP contribution in [0.5, 0.6) is 11.5 Å². The first-order valence-corrected chi connectivity index (χ1v) is 7.62. The van der Waals surface area contributed by atoms with Crippen molar-refractivity contribution < 1.29 is 19.3 Å². The molecule has 9 nitrogen and oxygen atoms in total. The van der Waals surface area contributed by atoms with Crippen LogP contribution in [-0.4, -0.2) is 35.5 Å². The average Bonchev–Trinajstić information content (AvgIpc) is 2.60. The highest BCUT2D eigenvalue weighted by molar-refractivity contribution is 5.48. The molecule has 1 heterocycles. The molecule has 0 fully saturated rings. The molecular formula is C16H19N3O6. The molecule has 134 valence electrons. The van der Waals surface area contributed by atoms with Crippen LogP contribution in [0.15, 0.2) is 42.0 Å². The van der Waals surface area contributed by atoms with Gasteiger partial charge in [0.15, 0.2) is 5.92 Å². The second-order valence-corrected chi connectivity index (χ2v) is 5.40. The lowest BCUT2D eigenvalue weighted by atomic mass is 9.90. The van der Waals surface area contributed by atoms with Crippen LogP contribution < -0.4 is 9.47 Å². The third-order valence-electron chi connectivity index (χ3n) is 3.84. The maximum Gasteiger partial charge on any atom is 0.280 e. The van der Waals surface area contributed by atoms with Gasteiger partial charge in [0.05, 0.1) is 36.5 Å². The highest BCUT2D eigenvalue weighted by atomic mass is 16.6. The smallest absolute Gasteiger partial charge is 0.280 e. The van der Waals surface area contributed by atoms with Crippen molar-refractivity contribution >= 4 is 0 Å². The normalized spacial score (nSPS) is 14.6. The number of hydrogen-bond donors (Lipinski definition) is 0. The molecule has 0 unspecified atom stereocenters. The molecule has 0 amide bonds. The Balaban J connectivity index is 2.62. The van der Waals surface area contributed by atoms with Gasteiger partial charge in [-0.2, -0.15) is 0 Å². The quantitative estimate of drug-likeness (QED) is 0.550. The Bertz CT molecular complexity index is 711. The Morgan fingerprint density at radius 3 is 2.12 bits per heavy atom. The van der Waals surface area contributed by atoms with Crippen molar-refractivity contribution in [2.45, 2.75) is 19.3 Å². The van der Waals surface area contributed by atoms with Gasteiger partial charge >= 0.3 is 0 Å². The van der Waals surface area contributed by atoms with Gasteiger partial charge < -0.3 is 14.4 Å². The Kier molecular flexibility index (Phi) is 5.58. The minimum Gasteiger partial charge on any atom is -0.497 e. The monoisotopic (exact) mass is 349 g/mol. The summed E-state index contributed by atoms with van der Waals surface area (Å²) in [4.78, 5) is 23.4. The van der Waals surface area contributed by atoms with E-state index in [2.05, 4.69) is 0 Å². The van der Waals surface area contributed by atoms with E-state index < -0.39 is 15.8 Å². The van der Waals surface area contributed by atoms with Gasteiger partial charge in [-0.3, -0.25) is 20.2 Å². The summed E-state index contributed by atoms with van der Waals surface area (Å²) in [5, 5.41) is 23.1. The Morgan fingerprint density at radius 1 is 1.08 bits per heavy atom. The summed E-state index contributed by atoms with van der Waals surface area (Å²) in [6, 6.07) is 4.68. The topological polar surface area (TPSA) is 108 Å². The summed E-state index contributed by atoms with van der Waals surface area (Å²) in [5.41, 5.74) is -0.206. The largest absolute Gasteiger partial charge is 0.497 e. The van der Waals surface area contributed by atoms with E-state index in [-0.39, 0.29) is 17.1 Å². The highest BCUT2D eigenvalue weighted by Gasteiger charge is 2.42. The van der Waals surface area contributed by atoms with Gasteiger partial charge in [-0.1, -0.05) is 13.0 Å². The molecule has 0 aromatic heterocycles. The van der Waals surface area contributed by atoms with Crippen molar-refractivity contribution in [1.29, 1.82) is 0 Å². The summed E-state index contributed by atoms with van der Waals surface area (Å²) in [5.74, 6) is -0.366. The van der Waals surface area contributed by atoms with Crippen LogP contribution in [0.3, 0.4) is 0 Å². The fourth-order valence-corrected chi connectivity index (χ4v) is 2.75. The fraction of sp³-hybridized carbons (Fsp3) is 0.375. The molecular weight excluding hydrogens is 330 g/mol. The van der Waals surface area contributed by atoms with Gasteiger partial charge in [0.2, 0.25) is 0 Å². The molecule has 0 saturated heterocycles. The van der Waals surface area contributed by atoms with Gasteiger partial charge in [0.1, 0.15) is 11.5 Å². The van der Waals surface area contributed by atoms with Crippen LogP contribution in [0.25, 0.3) is 0 Å². The molecule has 1 aromatic carbocycles. The molecule has 1 aliphatic heterocycles. The van der Waals surface area contributed by atoms with Crippen LogP contribution in [0, 0.1) is 20.2 Å². The van der Waals surface area contributed by atoms with E-state index in [1.807, 2.05) is 6.92 Å². The molecule has 1 aliphatic rings. The Morgan fingerprint density at radius 2 is 1.68 bits per heavy atom. The lowest BCUT2D eigenvalue weighted by Crippen LogP contribution is -2.27. The maximum atomic E-state index is 11.6. The molecule has 0 atom stereocenters. The van der Waals surface area contributed by atoms with Crippen LogP contribution in [0.1, 0.15) is 24.8 Å². The molecule has 0 radical (unpaired) electrons. The van der Waals surface area contributed by atoms with Crippen LogP contribution in [0.2, 0.25) is 0 Å². The summed E-state index contributed by atoms with van der Waals surface area (Å²) in [6.45, 7) is 2.33. The summed E-state index contributed by atoms with van der Waals surface area (Å²) >= 11 is 0. The first kappa shape index (κ1) is 18.2. The second kappa shape index (κ2) is 7.65. The summed E-state index contributed by atoms with van der Waals surface area (Å²) < 4.78 is 10.4. The van der Waals surface area contributed by atoms with Gasteiger partial charge in [-0.25, -0.2) is 0 Å². The Labute approximate surface area is 144 Å². The molecule has 25 heavy (non-hydrogen) atoms. The van der Waals surface area contributed by atoms with E-state index in [4.69, 9.17) is 9.47 Å². The molecule has 0 saturated carbocycles. The third-order valence-corrected chi connectivity index (χ3v) is 3.84. The lowest BCUT2D eigenvalue weighted by molar-refractivity contribution is -0.456. The van der Waals surface area contributed by atoms with Crippen molar-refractivity contribution in [1.82, 2.24) is 4.90 Å². The van der Waals surface area contributed by atoms with Crippen molar-refractivity contribution in [3.63, 3.8) is 0 Å². The van der Waals surface area contributed by atoms with Crippen molar-refractivity contribution in [2.75, 3.05) is 20.8 Å². The van der Waals surface area contributed by atoms with Gasteiger partial charge in [0.25, 0.3) is 11.4 Å². The highest BCUT2D eigenvalue weighted by Crippen LogP contribution is 2.41. The number of nitrogens with zero attached hydrogens (tertiary/aromatic N) is 3. The number of nitro groups is 2. The number of rotatable bonds is 7. The lowest BCUT2D eigenvalue weighted by Gasteiger charge is -2.24. The van der Waals surface area contributed by atoms with Gasteiger partial charge in [0, 0.05) is 18.2 Å². The molecule has 1 aromatic rings. The Hall–Kier alpha value is -3.10. The van der Waals surface area contributed by atoms with Gasteiger partial charge in [-0.15, -0.1) is 0 Å². The zero-order valence-electron chi connectivity index (χ0n) is 14.2. The predicted octanol–water partition coefficient (Wildman–Crippen LogP) is 2.75. The number of hydrogen-bond acceptors (Lipinski definition) is 7. The van der Waals surface area contributed by atoms with Crippen molar-refractivity contribution in [3.05, 3.63) is 67.8 Å². The van der Waals surface area contributed by atoms with E-state index in [0.29, 0.717) is 24.3 Å². The number of benzene rings is 1. The van der Waals surface area contributed by atoms with E-state index in [0.717, 1.165) is 0 Å². The zero-order chi connectivity index (χ0) is 18.6. The maximum absolute atomic E-state index is 11.6. The molecule has 9 heteroatoms. The van der Waals surface area contributed by atoms with E-state index in [9.17, 15) is 20.2 Å². The van der Waals surface area contributed by atoms with Crippen molar-refractivity contribution in [2.24, 2.45) is 0 Å². The van der Waals surface area contributed by atoms with Gasteiger partial charge in [-0.05, 0) is 12.5 Å². The average molecular weight is 349 g/mol. The zero-order valence-corrected chi connectivity index (χ0v) is 14.2. The molecule has 2 rings (SSSR count). The molecule has 0 N–H and O–H groups in total. The minimum absolute atomic E-state index is 0.272. The first-order valence-electron chi connectivity index (χ1n) is 7.62. The van der Waals surface area contributed by atoms with Crippen LogP contribution >= 0.6 is 0 Å². The van der Waals surface area contributed by atoms with Crippen LogP contribution in [0.4, 0.5) is 0 Å². The third kappa shape index (κ3) is 3.70. The molecule has 0 aliphatic carbocycles. The summed E-state index contributed by atoms with van der Waals surface area (Å²) in [7, 11) is 2.87. The molecule has 0 spiro atoms. The van der Waals surface area contributed by atoms with E-state index in [1.54, 1.807) is 18.2 Å². The predicted molar refractivity (Wildman–Crippen MR) is 89.4 cm³/mol. The molecule has 0 bridgehead atoms. The SMILES string of the molecule is CCCN1C=C([N+](=O)[O-])C(c2ccc(OC)cc2OC)C([N+](=O)[O-])=C1. The minimum atomic E-state index is -1.14.